The number of hydrogen-bond donors (Lipinski definition) is 1. The van der Waals surface area contributed by atoms with Crippen molar-refractivity contribution in [1.82, 2.24) is 5.32 Å². The zero-order valence-electron chi connectivity index (χ0n) is 12.3. The third-order valence-corrected chi connectivity index (χ3v) is 3.55. The van der Waals surface area contributed by atoms with Gasteiger partial charge in [0.25, 0.3) is 0 Å². The Morgan fingerprint density at radius 3 is 2.47 bits per heavy atom. The number of nitrogens with one attached hydrogen (secondary N) is 1. The number of hydrogen-bond acceptors (Lipinski definition) is 2. The van der Waals surface area contributed by atoms with Gasteiger partial charge in [0.1, 0.15) is 11.9 Å². The minimum Gasteiger partial charge on any atom is -0.487 e. The van der Waals surface area contributed by atoms with Crippen molar-refractivity contribution in [3.05, 3.63) is 27.7 Å². The topological polar surface area (TPSA) is 21.3 Å². The summed E-state index contributed by atoms with van der Waals surface area (Å²) in [6.07, 6.45) is 0.0889. The second kappa shape index (κ2) is 6.96. The summed E-state index contributed by atoms with van der Waals surface area (Å²) < 4.78 is 7.03. The van der Waals surface area contributed by atoms with Crippen molar-refractivity contribution >= 4 is 27.5 Å². The van der Waals surface area contributed by atoms with Gasteiger partial charge in [-0.05, 0) is 44.9 Å². The fourth-order valence-electron chi connectivity index (χ4n) is 1.55. The zero-order valence-corrected chi connectivity index (χ0v) is 14.6. The summed E-state index contributed by atoms with van der Waals surface area (Å²) in [6, 6.07) is 5.66. The van der Waals surface area contributed by atoms with Gasteiger partial charge in [-0.3, -0.25) is 0 Å². The summed E-state index contributed by atoms with van der Waals surface area (Å²) in [5, 5.41) is 4.12. The monoisotopic (exact) mass is 347 g/mol. The second-order valence-corrected chi connectivity index (χ2v) is 7.43. The average Bonchev–Trinajstić information content (AvgIpc) is 2.27. The third-order valence-electron chi connectivity index (χ3n) is 2.75. The maximum Gasteiger partial charge on any atom is 0.139 e. The van der Waals surface area contributed by atoms with Crippen LogP contribution in [0.5, 0.6) is 5.75 Å². The van der Waals surface area contributed by atoms with Gasteiger partial charge in [0.2, 0.25) is 0 Å². The van der Waals surface area contributed by atoms with Crippen LogP contribution in [0.15, 0.2) is 22.7 Å². The molecule has 1 rings (SSSR count). The van der Waals surface area contributed by atoms with Gasteiger partial charge in [0, 0.05) is 16.6 Å². The van der Waals surface area contributed by atoms with Crippen LogP contribution in [-0.2, 0) is 0 Å². The molecule has 0 saturated heterocycles. The molecule has 0 aliphatic rings. The van der Waals surface area contributed by atoms with Crippen molar-refractivity contribution in [3.63, 3.8) is 0 Å². The molecule has 0 aliphatic carbocycles. The fourth-order valence-corrected chi connectivity index (χ4v) is 2.05. The summed E-state index contributed by atoms with van der Waals surface area (Å²) in [5.41, 5.74) is 0.0809. The molecule has 1 aromatic carbocycles. The van der Waals surface area contributed by atoms with E-state index in [0.29, 0.717) is 10.9 Å². The Hall–Kier alpha value is -0.250. The highest BCUT2D eigenvalue weighted by Crippen LogP contribution is 2.29. The van der Waals surface area contributed by atoms with Crippen molar-refractivity contribution in [3.8, 4) is 5.75 Å². The summed E-state index contributed by atoms with van der Waals surface area (Å²) >= 11 is 9.61. The van der Waals surface area contributed by atoms with Crippen molar-refractivity contribution in [2.24, 2.45) is 5.92 Å². The Balaban J connectivity index is 2.75. The third kappa shape index (κ3) is 6.15. The minimum atomic E-state index is 0.0809. The van der Waals surface area contributed by atoms with Gasteiger partial charge in [-0.1, -0.05) is 41.4 Å². The molecule has 1 N–H and O–H groups in total. The van der Waals surface area contributed by atoms with E-state index in [9.17, 15) is 0 Å². The molecule has 0 fully saturated rings. The molecule has 0 amide bonds. The molecule has 0 aromatic heterocycles. The van der Waals surface area contributed by atoms with Gasteiger partial charge >= 0.3 is 0 Å². The molecule has 0 radical (unpaired) electrons. The molecule has 0 heterocycles. The fraction of sp³-hybridized carbons (Fsp3) is 0.600. The normalized spacial score (nSPS) is 13.7. The zero-order chi connectivity index (χ0) is 14.6. The lowest BCUT2D eigenvalue weighted by Crippen LogP contribution is -2.44. The van der Waals surface area contributed by atoms with Crippen LogP contribution in [0.25, 0.3) is 0 Å². The molecule has 1 aromatic rings. The highest BCUT2D eigenvalue weighted by Gasteiger charge is 2.19. The summed E-state index contributed by atoms with van der Waals surface area (Å²) in [5.74, 6) is 1.13. The van der Waals surface area contributed by atoms with E-state index in [0.717, 1.165) is 16.8 Å². The van der Waals surface area contributed by atoms with E-state index in [2.05, 4.69) is 55.9 Å². The predicted octanol–water partition coefficient (Wildman–Crippen LogP) is 4.89. The second-order valence-electron chi connectivity index (χ2n) is 6.11. The standard InChI is InChI=1S/C15H23BrClNO/c1-10(2)14(9-18-15(3,4)5)19-13-8-11(16)6-7-12(13)17/h6-8,10,14,18H,9H2,1-5H3. The first kappa shape index (κ1) is 16.8. The lowest BCUT2D eigenvalue weighted by molar-refractivity contribution is 0.140. The van der Waals surface area contributed by atoms with Gasteiger partial charge < -0.3 is 10.1 Å². The Bertz CT molecular complexity index is 415. The number of halogens is 2. The van der Waals surface area contributed by atoms with Gasteiger partial charge in [0.05, 0.1) is 5.02 Å². The molecular weight excluding hydrogens is 326 g/mol. The van der Waals surface area contributed by atoms with Crippen molar-refractivity contribution < 1.29 is 4.74 Å². The first-order valence-electron chi connectivity index (χ1n) is 6.56. The van der Waals surface area contributed by atoms with Gasteiger partial charge in [-0.25, -0.2) is 0 Å². The molecule has 108 valence electrons. The number of rotatable bonds is 5. The smallest absolute Gasteiger partial charge is 0.139 e. The van der Waals surface area contributed by atoms with Crippen LogP contribution in [0.3, 0.4) is 0 Å². The number of benzene rings is 1. The van der Waals surface area contributed by atoms with E-state index in [4.69, 9.17) is 16.3 Å². The summed E-state index contributed by atoms with van der Waals surface area (Å²) in [7, 11) is 0. The van der Waals surface area contributed by atoms with E-state index in [1.807, 2.05) is 18.2 Å². The first-order chi connectivity index (χ1) is 8.69. The molecule has 1 atom stereocenters. The maximum atomic E-state index is 6.17. The van der Waals surface area contributed by atoms with Crippen LogP contribution in [0, 0.1) is 5.92 Å². The largest absolute Gasteiger partial charge is 0.487 e. The summed E-state index contributed by atoms with van der Waals surface area (Å²) in [4.78, 5) is 0. The van der Waals surface area contributed by atoms with Crippen LogP contribution < -0.4 is 10.1 Å². The van der Waals surface area contributed by atoms with E-state index < -0.39 is 0 Å². The minimum absolute atomic E-state index is 0.0809. The van der Waals surface area contributed by atoms with Gasteiger partial charge in [-0.15, -0.1) is 0 Å². The molecule has 2 nitrogen and oxygen atoms in total. The van der Waals surface area contributed by atoms with Crippen molar-refractivity contribution in [1.29, 1.82) is 0 Å². The molecule has 0 aliphatic heterocycles. The molecule has 19 heavy (non-hydrogen) atoms. The van der Waals surface area contributed by atoms with Crippen LogP contribution in [0.1, 0.15) is 34.6 Å². The van der Waals surface area contributed by atoms with E-state index in [1.165, 1.54) is 0 Å². The molecule has 0 spiro atoms. The van der Waals surface area contributed by atoms with Crippen LogP contribution >= 0.6 is 27.5 Å². The van der Waals surface area contributed by atoms with Crippen LogP contribution in [0.4, 0.5) is 0 Å². The Labute approximate surface area is 130 Å². The van der Waals surface area contributed by atoms with Crippen LogP contribution in [0.2, 0.25) is 5.02 Å². The molecule has 0 saturated carbocycles. The van der Waals surface area contributed by atoms with E-state index in [1.54, 1.807) is 0 Å². The number of ether oxygens (including phenoxy) is 1. The van der Waals surface area contributed by atoms with E-state index >= 15 is 0 Å². The highest BCUT2D eigenvalue weighted by molar-refractivity contribution is 9.10. The molecular formula is C15H23BrClNO. The quantitative estimate of drug-likeness (QED) is 0.817. The van der Waals surface area contributed by atoms with Gasteiger partial charge in [0.15, 0.2) is 0 Å². The molecule has 0 bridgehead atoms. The maximum absolute atomic E-state index is 6.17. The average molecular weight is 349 g/mol. The lowest BCUT2D eigenvalue weighted by atomic mass is 10.0. The van der Waals surface area contributed by atoms with Crippen molar-refractivity contribution in [2.45, 2.75) is 46.3 Å². The SMILES string of the molecule is CC(C)C(CNC(C)(C)C)Oc1cc(Br)ccc1Cl. The summed E-state index contributed by atoms with van der Waals surface area (Å²) in [6.45, 7) is 11.6. The highest BCUT2D eigenvalue weighted by atomic mass is 79.9. The Morgan fingerprint density at radius 1 is 1.32 bits per heavy atom. The Kier molecular flexibility index (Phi) is 6.15. The van der Waals surface area contributed by atoms with E-state index in [-0.39, 0.29) is 11.6 Å². The molecule has 1 unspecified atom stereocenters. The predicted molar refractivity (Wildman–Crippen MR) is 86.2 cm³/mol. The van der Waals surface area contributed by atoms with Gasteiger partial charge in [-0.2, -0.15) is 0 Å². The lowest BCUT2D eigenvalue weighted by Gasteiger charge is -2.28. The Morgan fingerprint density at radius 2 is 1.95 bits per heavy atom. The molecule has 4 heteroatoms. The first-order valence-corrected chi connectivity index (χ1v) is 7.73. The van der Waals surface area contributed by atoms with Crippen LogP contribution in [-0.4, -0.2) is 18.2 Å². The van der Waals surface area contributed by atoms with Crippen molar-refractivity contribution in [2.75, 3.05) is 6.54 Å².